The summed E-state index contributed by atoms with van der Waals surface area (Å²) in [5.74, 6) is 0. The molecular formula is C18H29Fe-. The Morgan fingerprint density at radius 3 is 1.74 bits per heavy atom. The average molecular weight is 301 g/mol. The monoisotopic (exact) mass is 301 g/mol. The summed E-state index contributed by atoms with van der Waals surface area (Å²) >= 11 is 0. The maximum atomic E-state index is 3.07. The second-order valence-corrected chi connectivity index (χ2v) is 5.34. The molecule has 1 heteroatoms. The standard InChI is InChI=1S/C18H29.Fe/c1-2-3-4-5-6-7-8-9-10-12-15-18-16-13-11-14-17-18;/h13-14,16-17H,2-10,12,15H2,1H3;/q-1;. The van der Waals surface area contributed by atoms with E-state index in [4.69, 9.17) is 0 Å². The first-order chi connectivity index (χ1) is 8.93. The molecule has 0 saturated heterocycles. The van der Waals surface area contributed by atoms with Crippen LogP contribution in [0.4, 0.5) is 0 Å². The molecule has 19 heavy (non-hydrogen) atoms. The summed E-state index contributed by atoms with van der Waals surface area (Å²) in [6, 6.07) is 11.5. The number of unbranched alkanes of at least 4 members (excludes halogenated alkanes) is 9. The van der Waals surface area contributed by atoms with Crippen LogP contribution in [0.1, 0.15) is 76.7 Å². The van der Waals surface area contributed by atoms with Gasteiger partial charge in [0.25, 0.3) is 0 Å². The summed E-state index contributed by atoms with van der Waals surface area (Å²) in [7, 11) is 0. The molecule has 0 fully saturated rings. The van der Waals surface area contributed by atoms with Crippen molar-refractivity contribution < 1.29 is 17.1 Å². The van der Waals surface area contributed by atoms with Crippen LogP contribution in [0, 0.1) is 6.07 Å². The summed E-state index contributed by atoms with van der Waals surface area (Å²) in [5, 5.41) is 0. The SMILES string of the molecule is CCCCCCCCCCCCc1cc[c-]cc1.[Fe]. The summed E-state index contributed by atoms with van der Waals surface area (Å²) in [5.41, 5.74) is 1.47. The van der Waals surface area contributed by atoms with Gasteiger partial charge in [0.15, 0.2) is 0 Å². The Balaban J connectivity index is 0.00000324. The van der Waals surface area contributed by atoms with Gasteiger partial charge in [-0.1, -0.05) is 77.6 Å². The Labute approximate surface area is 130 Å². The van der Waals surface area contributed by atoms with Crippen LogP contribution in [-0.4, -0.2) is 0 Å². The van der Waals surface area contributed by atoms with E-state index in [2.05, 4.69) is 25.1 Å². The number of hydrogen-bond acceptors (Lipinski definition) is 0. The van der Waals surface area contributed by atoms with E-state index in [0.29, 0.717) is 0 Å². The molecule has 1 rings (SSSR count). The van der Waals surface area contributed by atoms with Crippen LogP contribution in [0.2, 0.25) is 0 Å². The smallest absolute Gasteiger partial charge is 0 e. The van der Waals surface area contributed by atoms with Gasteiger partial charge in [-0.3, -0.25) is 0 Å². The van der Waals surface area contributed by atoms with Gasteiger partial charge in [0.1, 0.15) is 0 Å². The van der Waals surface area contributed by atoms with Gasteiger partial charge in [0.2, 0.25) is 0 Å². The van der Waals surface area contributed by atoms with Gasteiger partial charge in [-0.2, -0.15) is 35.9 Å². The molecular weight excluding hydrogens is 272 g/mol. The van der Waals surface area contributed by atoms with E-state index in [-0.39, 0.29) is 17.1 Å². The minimum absolute atomic E-state index is 0. The van der Waals surface area contributed by atoms with Gasteiger partial charge >= 0.3 is 0 Å². The van der Waals surface area contributed by atoms with Crippen LogP contribution in [0.3, 0.4) is 0 Å². The van der Waals surface area contributed by atoms with Crippen molar-refractivity contribution in [1.29, 1.82) is 0 Å². The average Bonchev–Trinajstić information content (AvgIpc) is 2.42. The van der Waals surface area contributed by atoms with Crippen molar-refractivity contribution in [2.45, 2.75) is 77.6 Å². The van der Waals surface area contributed by atoms with E-state index in [0.717, 1.165) is 0 Å². The fourth-order valence-electron chi connectivity index (χ4n) is 2.40. The van der Waals surface area contributed by atoms with Crippen LogP contribution in [0.15, 0.2) is 24.3 Å². The predicted molar refractivity (Wildman–Crippen MR) is 80.8 cm³/mol. The van der Waals surface area contributed by atoms with Crippen LogP contribution < -0.4 is 0 Å². The molecule has 110 valence electrons. The number of hydrogen-bond donors (Lipinski definition) is 0. The number of benzene rings is 1. The Hall–Kier alpha value is -0.261. The summed E-state index contributed by atoms with van der Waals surface area (Å²) < 4.78 is 0. The van der Waals surface area contributed by atoms with Gasteiger partial charge in [0.05, 0.1) is 0 Å². The molecule has 0 N–H and O–H groups in total. The molecule has 0 atom stereocenters. The molecule has 1 aromatic rings. The molecule has 0 aliphatic carbocycles. The van der Waals surface area contributed by atoms with E-state index in [1.54, 1.807) is 0 Å². The second kappa shape index (κ2) is 14.2. The van der Waals surface area contributed by atoms with Crippen molar-refractivity contribution >= 4 is 0 Å². The van der Waals surface area contributed by atoms with Gasteiger partial charge < -0.3 is 0 Å². The molecule has 1 aromatic carbocycles. The van der Waals surface area contributed by atoms with Crippen LogP contribution in [0.5, 0.6) is 0 Å². The zero-order valence-corrected chi connectivity index (χ0v) is 13.5. The zero-order valence-electron chi connectivity index (χ0n) is 12.4. The zero-order chi connectivity index (χ0) is 12.9. The first-order valence-corrected chi connectivity index (χ1v) is 7.88. The minimum Gasteiger partial charge on any atom is -0.184 e. The molecule has 0 spiro atoms. The fraction of sp³-hybridized carbons (Fsp3) is 0.667. The van der Waals surface area contributed by atoms with Gasteiger partial charge in [-0.15, -0.1) is 0 Å². The molecule has 0 radical (unpaired) electrons. The second-order valence-electron chi connectivity index (χ2n) is 5.34. The Morgan fingerprint density at radius 2 is 1.21 bits per heavy atom. The Kier molecular flexibility index (Phi) is 14.0. The first kappa shape index (κ1) is 18.7. The van der Waals surface area contributed by atoms with Gasteiger partial charge in [-0.05, 0) is 0 Å². The van der Waals surface area contributed by atoms with E-state index >= 15 is 0 Å². The summed E-state index contributed by atoms with van der Waals surface area (Å²) in [4.78, 5) is 0. The molecule has 0 unspecified atom stereocenters. The largest absolute Gasteiger partial charge is 0.184 e. The molecule has 0 bridgehead atoms. The molecule has 0 aliphatic heterocycles. The third kappa shape index (κ3) is 11.3. The van der Waals surface area contributed by atoms with Crippen molar-refractivity contribution in [1.82, 2.24) is 0 Å². The van der Waals surface area contributed by atoms with Crippen molar-refractivity contribution in [2.24, 2.45) is 0 Å². The van der Waals surface area contributed by atoms with Gasteiger partial charge in [0, 0.05) is 17.1 Å². The molecule has 0 aromatic heterocycles. The van der Waals surface area contributed by atoms with Crippen molar-refractivity contribution in [3.8, 4) is 0 Å². The molecule has 0 aliphatic rings. The fourth-order valence-corrected chi connectivity index (χ4v) is 2.40. The predicted octanol–water partition coefficient (Wildman–Crippen LogP) is 5.95. The van der Waals surface area contributed by atoms with Crippen LogP contribution >= 0.6 is 0 Å². The third-order valence-corrected chi connectivity index (χ3v) is 3.61. The number of aryl methyl sites for hydroxylation is 1. The molecule has 0 saturated carbocycles. The molecule has 0 amide bonds. The van der Waals surface area contributed by atoms with Crippen LogP contribution in [-0.2, 0) is 23.5 Å². The van der Waals surface area contributed by atoms with Gasteiger partial charge in [-0.25, -0.2) is 0 Å². The van der Waals surface area contributed by atoms with E-state index in [9.17, 15) is 0 Å². The first-order valence-electron chi connectivity index (χ1n) is 7.88. The van der Waals surface area contributed by atoms with E-state index < -0.39 is 0 Å². The summed E-state index contributed by atoms with van der Waals surface area (Å²) in [6.45, 7) is 2.28. The van der Waals surface area contributed by atoms with Crippen LogP contribution in [0.25, 0.3) is 0 Å². The van der Waals surface area contributed by atoms with Crippen molar-refractivity contribution in [3.63, 3.8) is 0 Å². The number of rotatable bonds is 11. The topological polar surface area (TPSA) is 0 Å². The van der Waals surface area contributed by atoms with Crippen molar-refractivity contribution in [2.75, 3.05) is 0 Å². The third-order valence-electron chi connectivity index (χ3n) is 3.61. The molecule has 0 nitrogen and oxygen atoms in total. The minimum atomic E-state index is 0. The van der Waals surface area contributed by atoms with E-state index in [1.165, 1.54) is 76.2 Å². The maximum Gasteiger partial charge on any atom is 0 e. The maximum absolute atomic E-state index is 3.07. The summed E-state index contributed by atoms with van der Waals surface area (Å²) in [6.07, 6.45) is 15.4. The van der Waals surface area contributed by atoms with Crippen molar-refractivity contribution in [3.05, 3.63) is 35.9 Å². The Bertz CT molecular complexity index is 268. The Morgan fingerprint density at radius 1 is 0.737 bits per heavy atom. The van der Waals surface area contributed by atoms with E-state index in [1.807, 2.05) is 12.1 Å². The quantitative estimate of drug-likeness (QED) is 0.269. The normalized spacial score (nSPS) is 10.2. The molecule has 0 heterocycles.